The Morgan fingerprint density at radius 3 is 2.33 bits per heavy atom. The molecule has 3 rings (SSSR count). The maximum Gasteiger partial charge on any atom is 0.332 e. The molecule has 2 heterocycles. The Bertz CT molecular complexity index is 1330. The maximum atomic E-state index is 12.8. The molecule has 0 amide bonds. The highest BCUT2D eigenvalue weighted by atomic mass is 32.2. The van der Waals surface area contributed by atoms with Crippen LogP contribution in [-0.2, 0) is 26.1 Å². The minimum absolute atomic E-state index is 0.0362. The Kier molecular flexibility index (Phi) is 6.78. The number of carbonyl (C=O) groups is 1. The first-order chi connectivity index (χ1) is 15.5. The van der Waals surface area contributed by atoms with Gasteiger partial charge in [-0.2, -0.15) is 0 Å². The Morgan fingerprint density at radius 1 is 1.12 bits per heavy atom. The van der Waals surface area contributed by atoms with Crippen LogP contribution in [-0.4, -0.2) is 35.4 Å². The molecule has 2 N–H and O–H groups in total. The number of aromatic nitrogens is 5. The monoisotopic (exact) mass is 468 g/mol. The van der Waals surface area contributed by atoms with Crippen LogP contribution in [0.2, 0.25) is 0 Å². The third kappa shape index (κ3) is 4.70. The number of nitrogens with zero attached hydrogens (tertiary/aromatic N) is 5. The average Bonchev–Trinajstić information content (AvgIpc) is 3.17. The summed E-state index contributed by atoms with van der Waals surface area (Å²) in [6.45, 7) is 10.7. The van der Waals surface area contributed by atoms with Gasteiger partial charge in [-0.25, -0.2) is 4.79 Å². The molecule has 9 nitrogen and oxygen atoms in total. The van der Waals surface area contributed by atoms with Crippen molar-refractivity contribution in [1.29, 1.82) is 0 Å². The fourth-order valence-electron chi connectivity index (χ4n) is 3.35. The number of hydrogen-bond acceptors (Lipinski definition) is 7. The van der Waals surface area contributed by atoms with Gasteiger partial charge in [0.25, 0.3) is 5.56 Å². The first-order valence-electron chi connectivity index (χ1n) is 10.3. The van der Waals surface area contributed by atoms with Gasteiger partial charge in [0.15, 0.2) is 16.8 Å². The minimum atomic E-state index is -0.714. The molecule has 0 spiro atoms. The van der Waals surface area contributed by atoms with E-state index in [0.29, 0.717) is 17.5 Å². The third-order valence-electron chi connectivity index (χ3n) is 5.36. The summed E-state index contributed by atoms with van der Waals surface area (Å²) in [7, 11) is 2.73. The number of rotatable bonds is 7. The molecule has 0 aliphatic heterocycles. The van der Waals surface area contributed by atoms with Crippen LogP contribution in [0.1, 0.15) is 36.7 Å². The van der Waals surface area contributed by atoms with Crippen LogP contribution >= 0.6 is 11.8 Å². The zero-order valence-corrected chi connectivity index (χ0v) is 20.3. The summed E-state index contributed by atoms with van der Waals surface area (Å²) < 4.78 is 3.81. The number of ketones is 1. The van der Waals surface area contributed by atoms with Gasteiger partial charge in [0, 0.05) is 26.2 Å². The van der Waals surface area contributed by atoms with Crippen molar-refractivity contribution in [3.8, 4) is 11.4 Å². The summed E-state index contributed by atoms with van der Waals surface area (Å²) in [5, 5.41) is 9.08. The zero-order valence-electron chi connectivity index (χ0n) is 19.5. The van der Waals surface area contributed by atoms with Crippen molar-refractivity contribution < 1.29 is 4.79 Å². The SMILES string of the molecule is C=CCn1c(SCC(=O)c2c(N)n(C)c(=O)n(C)c2=O)nnc1-c1ccc(C(C)(C)C)cc1. The van der Waals surface area contributed by atoms with Gasteiger partial charge in [0.2, 0.25) is 0 Å². The van der Waals surface area contributed by atoms with Gasteiger partial charge in [-0.3, -0.25) is 23.3 Å². The van der Waals surface area contributed by atoms with E-state index in [1.165, 1.54) is 19.7 Å². The van der Waals surface area contributed by atoms with Gasteiger partial charge in [-0.05, 0) is 11.0 Å². The first kappa shape index (κ1) is 24.2. The van der Waals surface area contributed by atoms with E-state index in [0.717, 1.165) is 26.5 Å². The topological polar surface area (TPSA) is 118 Å². The quantitative estimate of drug-likeness (QED) is 0.321. The second-order valence-corrected chi connectivity index (χ2v) is 9.65. The van der Waals surface area contributed by atoms with E-state index in [9.17, 15) is 14.4 Å². The highest BCUT2D eigenvalue weighted by Crippen LogP contribution is 2.28. The van der Waals surface area contributed by atoms with E-state index in [-0.39, 0.29) is 22.5 Å². The molecule has 1 aromatic carbocycles. The van der Waals surface area contributed by atoms with Crippen LogP contribution in [0.5, 0.6) is 0 Å². The predicted molar refractivity (Wildman–Crippen MR) is 131 cm³/mol. The van der Waals surface area contributed by atoms with Crippen molar-refractivity contribution in [2.45, 2.75) is 37.9 Å². The number of hydrogen-bond donors (Lipinski definition) is 1. The second-order valence-electron chi connectivity index (χ2n) is 8.71. The van der Waals surface area contributed by atoms with Gasteiger partial charge in [0.1, 0.15) is 11.4 Å². The van der Waals surface area contributed by atoms with Crippen LogP contribution in [0.3, 0.4) is 0 Å². The largest absolute Gasteiger partial charge is 0.384 e. The lowest BCUT2D eigenvalue weighted by Crippen LogP contribution is -2.41. The van der Waals surface area contributed by atoms with Crippen LogP contribution < -0.4 is 17.0 Å². The number of nitrogen functional groups attached to an aromatic ring is 1. The van der Waals surface area contributed by atoms with Crippen molar-refractivity contribution in [3.63, 3.8) is 0 Å². The molecule has 0 saturated heterocycles. The normalized spacial score (nSPS) is 11.5. The Morgan fingerprint density at radius 2 is 1.76 bits per heavy atom. The summed E-state index contributed by atoms with van der Waals surface area (Å²) in [6, 6.07) is 8.13. The lowest BCUT2D eigenvalue weighted by atomic mass is 9.87. The summed E-state index contributed by atoms with van der Waals surface area (Å²) in [4.78, 5) is 37.3. The van der Waals surface area contributed by atoms with Crippen molar-refractivity contribution in [2.24, 2.45) is 14.1 Å². The maximum absolute atomic E-state index is 12.8. The molecule has 0 aliphatic carbocycles. The van der Waals surface area contributed by atoms with Crippen LogP contribution in [0.4, 0.5) is 5.82 Å². The molecule has 0 bridgehead atoms. The Labute approximate surface area is 196 Å². The van der Waals surface area contributed by atoms with E-state index in [2.05, 4.69) is 49.7 Å². The molecule has 0 atom stereocenters. The minimum Gasteiger partial charge on any atom is -0.384 e. The number of thioether (sulfide) groups is 1. The van der Waals surface area contributed by atoms with Crippen molar-refractivity contribution in [3.05, 3.63) is 68.9 Å². The summed E-state index contributed by atoms with van der Waals surface area (Å²) >= 11 is 1.15. The summed E-state index contributed by atoms with van der Waals surface area (Å²) in [6.07, 6.45) is 1.73. The van der Waals surface area contributed by atoms with E-state index in [4.69, 9.17) is 5.73 Å². The highest BCUT2D eigenvalue weighted by Gasteiger charge is 2.22. The number of anilines is 1. The third-order valence-corrected chi connectivity index (χ3v) is 6.33. The van der Waals surface area contributed by atoms with Crippen molar-refractivity contribution in [2.75, 3.05) is 11.5 Å². The fraction of sp³-hybridized carbons (Fsp3) is 0.348. The number of allylic oxidation sites excluding steroid dienone is 1. The molecule has 0 saturated carbocycles. The number of carbonyl (C=O) groups excluding carboxylic acids is 1. The summed E-state index contributed by atoms with van der Waals surface area (Å²) in [5.41, 5.74) is 6.52. The molecule has 0 radical (unpaired) electrons. The molecular weight excluding hydrogens is 440 g/mol. The number of Topliss-reactive ketones (excluding diaryl/α,β-unsaturated/α-hetero) is 1. The Hall–Kier alpha value is -3.40. The van der Waals surface area contributed by atoms with Gasteiger partial charge in [0.05, 0.1) is 5.75 Å². The molecule has 3 aromatic rings. The van der Waals surface area contributed by atoms with E-state index in [1.807, 2.05) is 16.7 Å². The van der Waals surface area contributed by atoms with Gasteiger partial charge < -0.3 is 5.73 Å². The van der Waals surface area contributed by atoms with Crippen molar-refractivity contribution >= 4 is 23.4 Å². The molecule has 10 heteroatoms. The van der Waals surface area contributed by atoms with Gasteiger partial charge >= 0.3 is 5.69 Å². The molecule has 33 heavy (non-hydrogen) atoms. The average molecular weight is 469 g/mol. The Balaban J connectivity index is 1.90. The van der Waals surface area contributed by atoms with Crippen LogP contribution in [0.15, 0.2) is 51.7 Å². The molecule has 0 aliphatic rings. The fourth-order valence-corrected chi connectivity index (χ4v) is 4.17. The molecule has 174 valence electrons. The molecular formula is C23H28N6O3S. The summed E-state index contributed by atoms with van der Waals surface area (Å²) in [5.74, 6) is -0.0720. The van der Waals surface area contributed by atoms with Crippen molar-refractivity contribution in [1.82, 2.24) is 23.9 Å². The lowest BCUT2D eigenvalue weighted by molar-refractivity contribution is 0.102. The van der Waals surface area contributed by atoms with Crippen LogP contribution in [0.25, 0.3) is 11.4 Å². The molecule has 0 fully saturated rings. The highest BCUT2D eigenvalue weighted by molar-refractivity contribution is 7.99. The van der Waals surface area contributed by atoms with Gasteiger partial charge in [-0.1, -0.05) is 62.9 Å². The van der Waals surface area contributed by atoms with E-state index < -0.39 is 17.0 Å². The standard InChI is InChI=1S/C23H28N6O3S/c1-7-12-29-19(14-8-10-15(11-9-14)23(2,3)4)25-26-21(29)33-13-16(30)17-18(24)27(5)22(32)28(6)20(17)31/h7-11H,1,12-13,24H2,2-6H3. The molecule has 0 unspecified atom stereocenters. The predicted octanol–water partition coefficient (Wildman–Crippen LogP) is 2.38. The van der Waals surface area contributed by atoms with Crippen LogP contribution in [0, 0.1) is 0 Å². The number of benzene rings is 1. The smallest absolute Gasteiger partial charge is 0.332 e. The number of nitrogens with two attached hydrogens (primary N) is 1. The second kappa shape index (κ2) is 9.22. The lowest BCUT2D eigenvalue weighted by Gasteiger charge is -2.19. The first-order valence-corrected chi connectivity index (χ1v) is 11.3. The van der Waals surface area contributed by atoms with E-state index in [1.54, 1.807) is 6.08 Å². The van der Waals surface area contributed by atoms with Gasteiger partial charge in [-0.15, -0.1) is 16.8 Å². The molecule has 2 aromatic heterocycles. The van der Waals surface area contributed by atoms with E-state index >= 15 is 0 Å². The zero-order chi connectivity index (χ0) is 24.5.